The van der Waals surface area contributed by atoms with Gasteiger partial charge in [-0.05, 0) is 142 Å². The molecule has 378 valence electrons. The Hall–Kier alpha value is -10.7. The summed E-state index contributed by atoms with van der Waals surface area (Å²) in [4.78, 5) is 9.74. The molecule has 0 amide bonds. The maximum absolute atomic E-state index is 2.44. The summed E-state index contributed by atoms with van der Waals surface area (Å²) < 4.78 is 0. The summed E-state index contributed by atoms with van der Waals surface area (Å²) in [5, 5.41) is 9.32. The molecule has 14 aromatic rings. The second kappa shape index (κ2) is 21.0. The Balaban J connectivity index is 1.11. The normalized spacial score (nSPS) is 11.2. The average molecular weight is 1020 g/mol. The van der Waals surface area contributed by atoms with Crippen molar-refractivity contribution >= 4 is 111 Å². The largest absolute Gasteiger partial charge is 0.310 e. The smallest absolute Gasteiger partial charge is 0.0540 e. The molecule has 14 aromatic carbocycles. The maximum atomic E-state index is 2.44. The van der Waals surface area contributed by atoms with E-state index in [1.807, 2.05) is 0 Å². The highest BCUT2D eigenvalue weighted by atomic mass is 15.2. The van der Waals surface area contributed by atoms with Gasteiger partial charge in [0.1, 0.15) is 0 Å². The number of fused-ring (bicyclic) bond motifs is 4. The lowest BCUT2D eigenvalue weighted by Gasteiger charge is -2.32. The third-order valence-corrected chi connectivity index (χ3v) is 15.3. The molecule has 0 N–H and O–H groups in total. The summed E-state index contributed by atoms with van der Waals surface area (Å²) in [7, 11) is 0. The first-order valence-electron chi connectivity index (χ1n) is 27.3. The van der Waals surface area contributed by atoms with Crippen LogP contribution in [0.25, 0.3) is 54.2 Å². The number of para-hydroxylation sites is 4. The number of benzene rings is 14. The van der Waals surface area contributed by atoms with Crippen LogP contribution in [-0.2, 0) is 0 Å². The standard InChI is InChI=1S/C76H54N4/c1-5-33-61(34-6-1)77(73-45-21-29-55-25-13-17-41-69(55)73)65-49-59(50-66(53-65)78(62-35-7-2-8-36-62)74-46-22-30-56-26-14-18-42-70(56)74)60-51-67(79(63-37-9-3-10-38-63)75-47-23-31-57-27-15-19-43-71(57)75)54-68(52-60)80(64-39-11-4-12-40-64)76-48-24-32-58-28-16-20-44-72(58)76/h1-54H. The number of anilines is 12. The Morgan fingerprint density at radius 2 is 0.350 bits per heavy atom. The van der Waals surface area contributed by atoms with Gasteiger partial charge in [-0.25, -0.2) is 0 Å². The van der Waals surface area contributed by atoms with Crippen molar-refractivity contribution in [1.29, 1.82) is 0 Å². The summed E-state index contributed by atoms with van der Waals surface area (Å²) in [6.07, 6.45) is 0. The highest BCUT2D eigenvalue weighted by molar-refractivity contribution is 6.05. The monoisotopic (exact) mass is 1020 g/mol. The summed E-state index contributed by atoms with van der Waals surface area (Å²) >= 11 is 0. The van der Waals surface area contributed by atoms with Crippen molar-refractivity contribution in [3.05, 3.63) is 328 Å². The zero-order valence-corrected chi connectivity index (χ0v) is 44.0. The summed E-state index contributed by atoms with van der Waals surface area (Å²) in [5.74, 6) is 0. The SMILES string of the molecule is c1ccc(N(c2cc(-c3cc(N(c4ccccc4)c4cccc5ccccc45)cc(N(c4ccccc4)c4cccc5ccccc45)c3)cc(N(c3ccccc3)c3cccc4ccccc34)c2)c2cccc3ccccc23)cc1. The van der Waals surface area contributed by atoms with Crippen molar-refractivity contribution in [2.45, 2.75) is 0 Å². The zero-order valence-electron chi connectivity index (χ0n) is 44.0. The molecule has 0 aliphatic heterocycles. The lowest BCUT2D eigenvalue weighted by atomic mass is 9.98. The van der Waals surface area contributed by atoms with Crippen molar-refractivity contribution in [3.63, 3.8) is 0 Å². The molecule has 0 spiro atoms. The Bertz CT molecular complexity index is 3910. The molecule has 0 saturated carbocycles. The molecule has 4 nitrogen and oxygen atoms in total. The van der Waals surface area contributed by atoms with Gasteiger partial charge in [-0.15, -0.1) is 0 Å². The van der Waals surface area contributed by atoms with Gasteiger partial charge in [-0.1, -0.05) is 218 Å². The molecule has 0 atom stereocenters. The Morgan fingerprint density at radius 3 is 0.588 bits per heavy atom. The van der Waals surface area contributed by atoms with Crippen molar-refractivity contribution in [3.8, 4) is 11.1 Å². The molecule has 0 aliphatic carbocycles. The first kappa shape index (κ1) is 47.7. The fourth-order valence-electron chi connectivity index (χ4n) is 11.7. The molecule has 80 heavy (non-hydrogen) atoms. The molecule has 14 rings (SSSR count). The van der Waals surface area contributed by atoms with Gasteiger partial charge in [0.05, 0.1) is 22.7 Å². The van der Waals surface area contributed by atoms with Crippen LogP contribution >= 0.6 is 0 Å². The van der Waals surface area contributed by atoms with Gasteiger partial charge in [-0.2, -0.15) is 0 Å². The zero-order chi connectivity index (χ0) is 53.2. The van der Waals surface area contributed by atoms with Gasteiger partial charge in [0, 0.05) is 67.0 Å². The Morgan fingerprint density at radius 1 is 0.150 bits per heavy atom. The lowest BCUT2D eigenvalue weighted by Crippen LogP contribution is -2.15. The Labute approximate surface area is 467 Å². The van der Waals surface area contributed by atoms with E-state index in [0.717, 1.165) is 101 Å². The third-order valence-electron chi connectivity index (χ3n) is 15.3. The third kappa shape index (κ3) is 9.01. The van der Waals surface area contributed by atoms with Gasteiger partial charge in [0.15, 0.2) is 0 Å². The van der Waals surface area contributed by atoms with Crippen LogP contribution < -0.4 is 19.6 Å². The second-order valence-electron chi connectivity index (χ2n) is 20.2. The van der Waals surface area contributed by atoms with E-state index in [9.17, 15) is 0 Å². The van der Waals surface area contributed by atoms with Gasteiger partial charge >= 0.3 is 0 Å². The molecule has 0 unspecified atom stereocenters. The predicted molar refractivity (Wildman–Crippen MR) is 341 cm³/mol. The summed E-state index contributed by atoms with van der Waals surface area (Å²) in [6, 6.07) is 119. The van der Waals surface area contributed by atoms with Gasteiger partial charge in [0.2, 0.25) is 0 Å². The van der Waals surface area contributed by atoms with Crippen molar-refractivity contribution < 1.29 is 0 Å². The van der Waals surface area contributed by atoms with Crippen molar-refractivity contribution in [2.24, 2.45) is 0 Å². The highest BCUT2D eigenvalue weighted by Crippen LogP contribution is 2.50. The topological polar surface area (TPSA) is 13.0 Å². The number of hydrogen-bond donors (Lipinski definition) is 0. The fourth-order valence-corrected chi connectivity index (χ4v) is 11.7. The first-order valence-corrected chi connectivity index (χ1v) is 27.3. The molecule has 0 bridgehead atoms. The molecule has 0 saturated heterocycles. The van der Waals surface area contributed by atoms with E-state index < -0.39 is 0 Å². The Kier molecular flexibility index (Phi) is 12.6. The van der Waals surface area contributed by atoms with Crippen LogP contribution in [0.3, 0.4) is 0 Å². The number of nitrogens with zero attached hydrogens (tertiary/aromatic N) is 4. The van der Waals surface area contributed by atoms with E-state index in [4.69, 9.17) is 0 Å². The van der Waals surface area contributed by atoms with E-state index in [-0.39, 0.29) is 0 Å². The molecular weight excluding hydrogens is 969 g/mol. The van der Waals surface area contributed by atoms with Crippen LogP contribution in [0, 0.1) is 0 Å². The minimum absolute atomic E-state index is 1.01. The predicted octanol–water partition coefficient (Wildman–Crippen LogP) is 21.8. The molecule has 0 radical (unpaired) electrons. The van der Waals surface area contributed by atoms with Crippen LogP contribution in [0.4, 0.5) is 68.2 Å². The highest BCUT2D eigenvalue weighted by Gasteiger charge is 2.25. The van der Waals surface area contributed by atoms with Crippen molar-refractivity contribution in [2.75, 3.05) is 19.6 Å². The number of rotatable bonds is 13. The first-order chi connectivity index (χ1) is 39.7. The van der Waals surface area contributed by atoms with Gasteiger partial charge < -0.3 is 19.6 Å². The van der Waals surface area contributed by atoms with Crippen LogP contribution in [0.2, 0.25) is 0 Å². The van der Waals surface area contributed by atoms with Crippen molar-refractivity contribution in [1.82, 2.24) is 0 Å². The second-order valence-corrected chi connectivity index (χ2v) is 20.2. The average Bonchev–Trinajstić information content (AvgIpc) is 3.66. The van der Waals surface area contributed by atoms with Crippen LogP contribution in [0.1, 0.15) is 0 Å². The van der Waals surface area contributed by atoms with E-state index in [1.165, 1.54) is 21.5 Å². The number of hydrogen-bond acceptors (Lipinski definition) is 4. The van der Waals surface area contributed by atoms with Crippen LogP contribution in [-0.4, -0.2) is 0 Å². The van der Waals surface area contributed by atoms with Crippen LogP contribution in [0.15, 0.2) is 328 Å². The molecular formula is C76H54N4. The molecule has 0 aromatic heterocycles. The van der Waals surface area contributed by atoms with E-state index in [2.05, 4.69) is 347 Å². The molecule has 4 heteroatoms. The van der Waals surface area contributed by atoms with E-state index in [1.54, 1.807) is 0 Å². The quantitative estimate of drug-likeness (QED) is 0.114. The van der Waals surface area contributed by atoms with E-state index in [0.29, 0.717) is 0 Å². The fraction of sp³-hybridized carbons (Fsp3) is 0. The lowest BCUT2D eigenvalue weighted by molar-refractivity contribution is 1.25. The van der Waals surface area contributed by atoms with Gasteiger partial charge in [-0.3, -0.25) is 0 Å². The minimum Gasteiger partial charge on any atom is -0.310 e. The molecule has 0 fully saturated rings. The molecule has 0 heterocycles. The van der Waals surface area contributed by atoms with Crippen LogP contribution in [0.5, 0.6) is 0 Å². The summed E-state index contributed by atoms with van der Waals surface area (Å²) in [5.41, 5.74) is 14.7. The molecule has 0 aliphatic rings. The maximum Gasteiger partial charge on any atom is 0.0540 e. The summed E-state index contributed by atoms with van der Waals surface area (Å²) in [6.45, 7) is 0. The van der Waals surface area contributed by atoms with E-state index >= 15 is 0 Å². The minimum atomic E-state index is 1.01. The van der Waals surface area contributed by atoms with Gasteiger partial charge in [0.25, 0.3) is 0 Å².